The van der Waals surface area contributed by atoms with Gasteiger partial charge in [-0.1, -0.05) is 32.0 Å². The van der Waals surface area contributed by atoms with E-state index in [1.54, 1.807) is 0 Å². The van der Waals surface area contributed by atoms with E-state index in [1.807, 2.05) is 0 Å². The Morgan fingerprint density at radius 2 is 2.20 bits per heavy atom. The van der Waals surface area contributed by atoms with Crippen molar-refractivity contribution in [1.29, 1.82) is 0 Å². The zero-order chi connectivity index (χ0) is 10.8. The Morgan fingerprint density at radius 1 is 1.40 bits per heavy atom. The number of hydrogen-bond acceptors (Lipinski definition) is 1. The molecule has 0 aromatic heterocycles. The van der Waals surface area contributed by atoms with Gasteiger partial charge in [-0.2, -0.15) is 0 Å². The van der Waals surface area contributed by atoms with Crippen LogP contribution in [0.4, 0.5) is 0 Å². The van der Waals surface area contributed by atoms with Crippen LogP contribution in [0.3, 0.4) is 0 Å². The van der Waals surface area contributed by atoms with Gasteiger partial charge in [0.1, 0.15) is 0 Å². The molecule has 0 amide bonds. The molecule has 1 atom stereocenters. The maximum atomic E-state index is 5.84. The summed E-state index contributed by atoms with van der Waals surface area (Å²) in [7, 11) is 0. The molecule has 1 unspecified atom stereocenters. The average molecular weight is 203 g/mol. The molecule has 2 N–H and O–H groups in total. The standard InChI is InChI=1S/C14H21N/c1-10(2)12-7-6-11-4-3-5-13(9-15)14(11)8-12/h6-8,10,13H,3-5,9,15H2,1-2H3. The van der Waals surface area contributed by atoms with Crippen molar-refractivity contribution in [1.82, 2.24) is 0 Å². The summed E-state index contributed by atoms with van der Waals surface area (Å²) in [4.78, 5) is 0. The van der Waals surface area contributed by atoms with Crippen molar-refractivity contribution in [3.05, 3.63) is 34.9 Å². The van der Waals surface area contributed by atoms with Gasteiger partial charge in [-0.05, 0) is 54.3 Å². The summed E-state index contributed by atoms with van der Waals surface area (Å²) in [6.07, 6.45) is 3.81. The van der Waals surface area contributed by atoms with Crippen LogP contribution in [0, 0.1) is 0 Å². The smallest absolute Gasteiger partial charge is 0.000813 e. The molecule has 0 radical (unpaired) electrons. The van der Waals surface area contributed by atoms with E-state index in [4.69, 9.17) is 5.73 Å². The highest BCUT2D eigenvalue weighted by atomic mass is 14.6. The highest BCUT2D eigenvalue weighted by Gasteiger charge is 2.19. The van der Waals surface area contributed by atoms with Crippen LogP contribution < -0.4 is 5.73 Å². The van der Waals surface area contributed by atoms with Gasteiger partial charge in [-0.25, -0.2) is 0 Å². The van der Waals surface area contributed by atoms with Crippen LogP contribution in [0.2, 0.25) is 0 Å². The lowest BCUT2D eigenvalue weighted by atomic mass is 9.81. The molecule has 0 saturated carbocycles. The molecule has 0 bridgehead atoms. The first-order chi connectivity index (χ1) is 7.22. The van der Waals surface area contributed by atoms with Crippen molar-refractivity contribution >= 4 is 0 Å². The highest BCUT2D eigenvalue weighted by molar-refractivity contribution is 5.37. The molecule has 1 aromatic rings. The predicted molar refractivity (Wildman–Crippen MR) is 65.3 cm³/mol. The summed E-state index contributed by atoms with van der Waals surface area (Å²) in [6.45, 7) is 5.30. The van der Waals surface area contributed by atoms with Crippen molar-refractivity contribution in [2.75, 3.05) is 6.54 Å². The minimum atomic E-state index is 0.604. The lowest BCUT2D eigenvalue weighted by molar-refractivity contribution is 0.559. The fourth-order valence-electron chi connectivity index (χ4n) is 2.52. The molecule has 0 heterocycles. The number of fused-ring (bicyclic) bond motifs is 1. The Labute approximate surface area is 92.7 Å². The number of hydrogen-bond donors (Lipinski definition) is 1. The SMILES string of the molecule is CC(C)c1ccc2c(c1)C(CN)CCC2. The molecule has 2 rings (SSSR count). The third kappa shape index (κ3) is 2.07. The Balaban J connectivity index is 2.39. The van der Waals surface area contributed by atoms with Gasteiger partial charge in [0.15, 0.2) is 0 Å². The minimum absolute atomic E-state index is 0.604. The average Bonchev–Trinajstić information content (AvgIpc) is 2.27. The van der Waals surface area contributed by atoms with E-state index in [0.717, 1.165) is 6.54 Å². The topological polar surface area (TPSA) is 26.0 Å². The second-order valence-corrected chi connectivity index (χ2v) is 4.94. The molecule has 1 aliphatic carbocycles. The summed E-state index contributed by atoms with van der Waals surface area (Å²) in [5, 5.41) is 0. The molecule has 0 aliphatic heterocycles. The third-order valence-corrected chi connectivity index (χ3v) is 3.56. The molecule has 0 spiro atoms. The van der Waals surface area contributed by atoms with Crippen molar-refractivity contribution in [2.45, 2.75) is 44.9 Å². The Bertz CT molecular complexity index is 341. The molecule has 15 heavy (non-hydrogen) atoms. The van der Waals surface area contributed by atoms with E-state index in [0.29, 0.717) is 11.8 Å². The summed E-state index contributed by atoms with van der Waals surface area (Å²) in [5.41, 5.74) is 10.3. The van der Waals surface area contributed by atoms with Crippen LogP contribution in [-0.2, 0) is 6.42 Å². The Morgan fingerprint density at radius 3 is 2.87 bits per heavy atom. The second-order valence-electron chi connectivity index (χ2n) is 4.94. The first-order valence-electron chi connectivity index (χ1n) is 6.05. The second kappa shape index (κ2) is 4.36. The van der Waals surface area contributed by atoms with Crippen molar-refractivity contribution in [3.63, 3.8) is 0 Å². The van der Waals surface area contributed by atoms with Gasteiger partial charge >= 0.3 is 0 Å². The maximum Gasteiger partial charge on any atom is -0.000813 e. The molecular weight excluding hydrogens is 182 g/mol. The minimum Gasteiger partial charge on any atom is -0.330 e. The van der Waals surface area contributed by atoms with E-state index in [1.165, 1.54) is 36.0 Å². The Hall–Kier alpha value is -0.820. The van der Waals surface area contributed by atoms with Gasteiger partial charge in [0.2, 0.25) is 0 Å². The van der Waals surface area contributed by atoms with E-state index < -0.39 is 0 Å². The number of benzene rings is 1. The third-order valence-electron chi connectivity index (χ3n) is 3.56. The first kappa shape index (κ1) is 10.7. The van der Waals surface area contributed by atoms with Gasteiger partial charge in [0, 0.05) is 0 Å². The maximum absolute atomic E-state index is 5.84. The number of nitrogens with two attached hydrogens (primary N) is 1. The molecule has 82 valence electrons. The molecule has 1 aliphatic rings. The van der Waals surface area contributed by atoms with E-state index in [-0.39, 0.29) is 0 Å². The van der Waals surface area contributed by atoms with Crippen molar-refractivity contribution in [2.24, 2.45) is 5.73 Å². The molecule has 1 aromatic carbocycles. The Kier molecular flexibility index (Phi) is 3.11. The molecular formula is C14H21N. The summed E-state index contributed by atoms with van der Waals surface area (Å²) in [6, 6.07) is 6.98. The lowest BCUT2D eigenvalue weighted by Crippen LogP contribution is -2.18. The molecule has 0 fully saturated rings. The van der Waals surface area contributed by atoms with Crippen LogP contribution in [0.5, 0.6) is 0 Å². The van der Waals surface area contributed by atoms with Crippen LogP contribution in [0.1, 0.15) is 55.2 Å². The van der Waals surface area contributed by atoms with Crippen LogP contribution >= 0.6 is 0 Å². The van der Waals surface area contributed by atoms with Crippen LogP contribution in [0.25, 0.3) is 0 Å². The zero-order valence-electron chi connectivity index (χ0n) is 9.79. The fraction of sp³-hybridized carbons (Fsp3) is 0.571. The predicted octanol–water partition coefficient (Wildman–Crippen LogP) is 3.19. The normalized spacial score (nSPS) is 20.4. The van der Waals surface area contributed by atoms with Gasteiger partial charge < -0.3 is 5.73 Å². The van der Waals surface area contributed by atoms with E-state index in [2.05, 4.69) is 32.0 Å². The van der Waals surface area contributed by atoms with E-state index >= 15 is 0 Å². The fourth-order valence-corrected chi connectivity index (χ4v) is 2.52. The summed E-state index contributed by atoms with van der Waals surface area (Å²) < 4.78 is 0. The van der Waals surface area contributed by atoms with Crippen LogP contribution in [-0.4, -0.2) is 6.54 Å². The highest BCUT2D eigenvalue weighted by Crippen LogP contribution is 2.32. The van der Waals surface area contributed by atoms with Crippen molar-refractivity contribution in [3.8, 4) is 0 Å². The molecule has 1 heteroatoms. The molecule has 1 nitrogen and oxygen atoms in total. The quantitative estimate of drug-likeness (QED) is 0.785. The monoisotopic (exact) mass is 203 g/mol. The first-order valence-corrected chi connectivity index (χ1v) is 6.05. The van der Waals surface area contributed by atoms with Gasteiger partial charge in [0.25, 0.3) is 0 Å². The molecule has 0 saturated heterocycles. The van der Waals surface area contributed by atoms with Crippen LogP contribution in [0.15, 0.2) is 18.2 Å². The van der Waals surface area contributed by atoms with E-state index in [9.17, 15) is 0 Å². The van der Waals surface area contributed by atoms with Gasteiger partial charge in [0.05, 0.1) is 0 Å². The van der Waals surface area contributed by atoms with Gasteiger partial charge in [-0.15, -0.1) is 0 Å². The lowest BCUT2D eigenvalue weighted by Gasteiger charge is -2.25. The number of rotatable bonds is 2. The van der Waals surface area contributed by atoms with Gasteiger partial charge in [-0.3, -0.25) is 0 Å². The summed E-state index contributed by atoms with van der Waals surface area (Å²) in [5.74, 6) is 1.23. The number of aryl methyl sites for hydroxylation is 1. The zero-order valence-corrected chi connectivity index (χ0v) is 9.79. The summed E-state index contributed by atoms with van der Waals surface area (Å²) >= 11 is 0. The largest absolute Gasteiger partial charge is 0.330 e. The van der Waals surface area contributed by atoms with Crippen molar-refractivity contribution < 1.29 is 0 Å².